The number of piperazine rings is 1. The summed E-state index contributed by atoms with van der Waals surface area (Å²) in [5, 5.41) is 13.1. The minimum absolute atomic E-state index is 0.0192. The van der Waals surface area contributed by atoms with E-state index in [2.05, 4.69) is 30.6 Å². The number of carbonyl (C=O) groups is 1. The van der Waals surface area contributed by atoms with E-state index < -0.39 is 43.8 Å². The van der Waals surface area contributed by atoms with Crippen molar-refractivity contribution >= 4 is 33.1 Å². The van der Waals surface area contributed by atoms with Crippen LogP contribution in [0.15, 0.2) is 35.2 Å². The number of hydrogen-bond donors (Lipinski definition) is 3. The van der Waals surface area contributed by atoms with Gasteiger partial charge in [0, 0.05) is 69.3 Å². The number of rotatable bonds is 7. The number of aromatic nitrogens is 2. The molecule has 1 aromatic heterocycles. The first-order chi connectivity index (χ1) is 21.3. The molecule has 0 bridgehead atoms. The number of nitrogens with zero attached hydrogens (tertiary/aromatic N) is 4. The van der Waals surface area contributed by atoms with Crippen LogP contribution in [0.1, 0.15) is 48.3 Å². The Labute approximate surface area is 259 Å². The third-order valence-electron chi connectivity index (χ3n) is 8.81. The third-order valence-corrected chi connectivity index (χ3v) is 10.8. The number of hydrogen-bond acceptors (Lipinski definition) is 8. The van der Waals surface area contributed by atoms with Crippen LogP contribution in [0.4, 0.5) is 30.4 Å². The van der Waals surface area contributed by atoms with Gasteiger partial charge in [-0.1, -0.05) is 0 Å². The van der Waals surface area contributed by atoms with E-state index in [9.17, 15) is 22.0 Å². The van der Waals surface area contributed by atoms with Crippen LogP contribution in [0.2, 0.25) is 0 Å². The van der Waals surface area contributed by atoms with E-state index >= 15 is 4.39 Å². The molecule has 15 heteroatoms. The van der Waals surface area contributed by atoms with Crippen molar-refractivity contribution in [1.82, 2.24) is 19.4 Å². The lowest BCUT2D eigenvalue weighted by atomic mass is 10.0. The van der Waals surface area contributed by atoms with Gasteiger partial charge in [-0.2, -0.15) is 9.40 Å². The van der Waals surface area contributed by atoms with Crippen molar-refractivity contribution in [1.29, 1.82) is 0 Å². The van der Waals surface area contributed by atoms with E-state index in [0.717, 1.165) is 42.6 Å². The molecule has 1 amide bonds. The van der Waals surface area contributed by atoms with Gasteiger partial charge in [0.1, 0.15) is 17.5 Å². The first kappa shape index (κ1) is 31.3. The minimum Gasteiger partial charge on any atom is -0.381 e. The lowest BCUT2D eigenvalue weighted by Gasteiger charge is -2.34. The lowest BCUT2D eigenvalue weighted by Crippen LogP contribution is -2.44. The van der Waals surface area contributed by atoms with Gasteiger partial charge in [-0.15, -0.1) is 0 Å². The molecule has 4 heterocycles. The maximum atomic E-state index is 15.9. The average Bonchev–Trinajstić information content (AvgIpc) is 3.50. The van der Waals surface area contributed by atoms with Crippen molar-refractivity contribution in [3.63, 3.8) is 0 Å². The second-order valence-electron chi connectivity index (χ2n) is 12.2. The molecule has 0 radical (unpaired) electrons. The fourth-order valence-electron chi connectivity index (χ4n) is 6.20. The Bertz CT molecular complexity index is 1700. The van der Waals surface area contributed by atoms with Crippen molar-refractivity contribution in [2.24, 2.45) is 0 Å². The van der Waals surface area contributed by atoms with E-state index in [4.69, 9.17) is 4.74 Å². The van der Waals surface area contributed by atoms with E-state index in [1.54, 1.807) is 19.9 Å². The molecule has 3 aliphatic rings. The minimum atomic E-state index is -4.37. The topological polar surface area (TPSA) is 123 Å². The van der Waals surface area contributed by atoms with Gasteiger partial charge in [-0.3, -0.25) is 9.89 Å². The predicted molar refractivity (Wildman–Crippen MR) is 162 cm³/mol. The standard InChI is InChI=1S/C30H36F3N7O4S/c1-30(2)27-23(17-40(30)45(42,43)22-13-18(31)12-19(32)14-22)28(37-36-27)35-29(41)26-24(33)15-21(39-8-6-38(3)7-9-39)16-25(26)34-20-4-10-44-11-5-20/h12-16,20,34H,4-11,17H2,1-3H3,(H2,35,36,37,41). The molecule has 0 unspecified atom stereocenters. The Morgan fingerprint density at radius 3 is 2.36 bits per heavy atom. The smallest absolute Gasteiger partial charge is 0.261 e. The molecule has 3 aliphatic heterocycles. The van der Waals surface area contributed by atoms with Crippen LogP contribution < -0.4 is 15.5 Å². The molecule has 6 rings (SSSR count). The van der Waals surface area contributed by atoms with E-state index in [0.29, 0.717) is 54.8 Å². The van der Waals surface area contributed by atoms with Crippen LogP contribution in [-0.2, 0) is 26.8 Å². The maximum Gasteiger partial charge on any atom is 0.261 e. The van der Waals surface area contributed by atoms with Gasteiger partial charge >= 0.3 is 0 Å². The molecule has 2 aromatic carbocycles. The molecule has 11 nitrogen and oxygen atoms in total. The highest BCUT2D eigenvalue weighted by Gasteiger charge is 2.48. The molecule has 2 saturated heterocycles. The van der Waals surface area contributed by atoms with E-state index in [-0.39, 0.29) is 24.0 Å². The molecule has 0 spiro atoms. The quantitative estimate of drug-likeness (QED) is 0.354. The van der Waals surface area contributed by atoms with Gasteiger partial charge < -0.3 is 25.2 Å². The molecule has 0 aliphatic carbocycles. The number of ether oxygens (including phenoxy) is 1. The molecule has 0 atom stereocenters. The number of halogens is 3. The van der Waals surface area contributed by atoms with Crippen LogP contribution in [0.5, 0.6) is 0 Å². The monoisotopic (exact) mass is 647 g/mol. The van der Waals surface area contributed by atoms with Crippen LogP contribution in [0, 0.1) is 17.5 Å². The number of sulfonamides is 1. The summed E-state index contributed by atoms with van der Waals surface area (Å²) in [6.45, 7) is 7.18. The zero-order valence-corrected chi connectivity index (χ0v) is 26.1. The molecule has 2 fully saturated rings. The number of fused-ring (bicyclic) bond motifs is 1. The largest absolute Gasteiger partial charge is 0.381 e. The summed E-state index contributed by atoms with van der Waals surface area (Å²) in [6, 6.07) is 5.24. The van der Waals surface area contributed by atoms with Crippen LogP contribution in [0.3, 0.4) is 0 Å². The Morgan fingerprint density at radius 1 is 1.02 bits per heavy atom. The fourth-order valence-corrected chi connectivity index (χ4v) is 7.97. The Hall–Kier alpha value is -3.66. The third kappa shape index (κ3) is 6.01. The highest BCUT2D eigenvalue weighted by molar-refractivity contribution is 7.89. The number of nitrogens with one attached hydrogen (secondary N) is 3. The number of aromatic amines is 1. The number of benzene rings is 2. The first-order valence-corrected chi connectivity index (χ1v) is 16.3. The van der Waals surface area contributed by atoms with Gasteiger partial charge in [0.15, 0.2) is 5.82 Å². The summed E-state index contributed by atoms with van der Waals surface area (Å²) >= 11 is 0. The molecule has 0 saturated carbocycles. The zero-order chi connectivity index (χ0) is 32.1. The number of H-pyrrole nitrogens is 1. The molecule has 242 valence electrons. The number of amides is 1. The number of likely N-dealkylation sites (N-methyl/N-ethyl adjacent to an activating group) is 1. The molecule has 3 N–H and O–H groups in total. The summed E-state index contributed by atoms with van der Waals surface area (Å²) < 4.78 is 77.4. The number of anilines is 3. The molecule has 45 heavy (non-hydrogen) atoms. The van der Waals surface area contributed by atoms with Crippen molar-refractivity contribution in [3.8, 4) is 0 Å². The van der Waals surface area contributed by atoms with E-state index in [1.165, 1.54) is 6.07 Å². The van der Waals surface area contributed by atoms with Gasteiger partial charge in [-0.05, 0) is 58.0 Å². The maximum absolute atomic E-state index is 15.9. The highest BCUT2D eigenvalue weighted by atomic mass is 32.2. The van der Waals surface area contributed by atoms with Crippen LogP contribution in [0.25, 0.3) is 0 Å². The predicted octanol–water partition coefficient (Wildman–Crippen LogP) is 3.86. The lowest BCUT2D eigenvalue weighted by molar-refractivity contribution is 0.0904. The van der Waals surface area contributed by atoms with Crippen LogP contribution >= 0.6 is 0 Å². The average molecular weight is 648 g/mol. The van der Waals surface area contributed by atoms with Crippen LogP contribution in [-0.4, -0.2) is 86.2 Å². The zero-order valence-electron chi connectivity index (χ0n) is 25.3. The number of carbonyl (C=O) groups excluding carboxylic acids is 1. The van der Waals surface area contributed by atoms with Gasteiger partial charge in [-0.25, -0.2) is 21.6 Å². The fraction of sp³-hybridized carbons (Fsp3) is 0.467. The Kier molecular flexibility index (Phi) is 8.31. The van der Waals surface area contributed by atoms with Crippen molar-refractivity contribution in [2.75, 3.05) is 62.0 Å². The summed E-state index contributed by atoms with van der Waals surface area (Å²) in [6.07, 6.45) is 1.39. The SMILES string of the molecule is CN1CCN(c2cc(F)c(C(=O)Nc3n[nH]c4c3CN(S(=O)(=O)c3cc(F)cc(F)c3)C4(C)C)c(NC3CCOCC3)c2)CC1. The summed E-state index contributed by atoms with van der Waals surface area (Å²) in [5.74, 6) is -3.48. The molecular formula is C30H36F3N7O4S. The van der Waals surface area contributed by atoms with Gasteiger partial charge in [0.05, 0.1) is 27.4 Å². The Morgan fingerprint density at radius 2 is 1.69 bits per heavy atom. The normalized spacial score (nSPS) is 19.5. The molecular weight excluding hydrogens is 611 g/mol. The van der Waals surface area contributed by atoms with Crippen molar-refractivity contribution < 1.29 is 31.1 Å². The summed E-state index contributed by atoms with van der Waals surface area (Å²) in [5.41, 5.74) is 0.375. The van der Waals surface area contributed by atoms with Crippen molar-refractivity contribution in [2.45, 2.75) is 49.7 Å². The van der Waals surface area contributed by atoms with Gasteiger partial charge in [0.2, 0.25) is 10.0 Å². The Balaban J connectivity index is 1.30. The highest BCUT2D eigenvalue weighted by Crippen LogP contribution is 2.44. The van der Waals surface area contributed by atoms with E-state index in [1.807, 2.05) is 7.05 Å². The second-order valence-corrected chi connectivity index (χ2v) is 14.1. The second kappa shape index (κ2) is 11.9. The first-order valence-electron chi connectivity index (χ1n) is 14.8. The summed E-state index contributed by atoms with van der Waals surface area (Å²) in [7, 11) is -2.34. The van der Waals surface area contributed by atoms with Gasteiger partial charge in [0.25, 0.3) is 5.91 Å². The molecule has 3 aromatic rings. The van der Waals surface area contributed by atoms with Crippen molar-refractivity contribution in [3.05, 3.63) is 64.6 Å². The summed E-state index contributed by atoms with van der Waals surface area (Å²) in [4.78, 5) is 17.5.